The molecule has 0 amide bonds. The highest BCUT2D eigenvalue weighted by Crippen LogP contribution is 1.92. The predicted octanol–water partition coefficient (Wildman–Crippen LogP) is 0.469. The molecular weight excluding hydrogens is 93.0 g/mol. The first-order valence-electron chi connectivity index (χ1n) is 2.17. The zero-order valence-corrected chi connectivity index (χ0v) is 5.52. The molecule has 0 bridgehead atoms. The van der Waals surface area contributed by atoms with Crippen LogP contribution in [0.5, 0.6) is 0 Å². The first-order chi connectivity index (χ1) is 2.77. The molecule has 2 atom stereocenters. The molecule has 0 aliphatic heterocycles. The smallest absolute Gasteiger partial charge is 0.000850 e. The van der Waals surface area contributed by atoms with Crippen LogP contribution in [0.3, 0.4) is 0 Å². The Hall–Kier alpha value is 0.390. The molecule has 0 rings (SSSR count). The highest BCUT2D eigenvalue weighted by Gasteiger charge is 1.84. The first kappa shape index (κ1) is 6.39. The number of rotatable bonds is 2. The van der Waals surface area contributed by atoms with Crippen molar-refractivity contribution in [2.45, 2.75) is 12.6 Å². The van der Waals surface area contributed by atoms with Crippen molar-refractivity contribution >= 4 is 9.24 Å². The van der Waals surface area contributed by atoms with Gasteiger partial charge in [-0.15, -0.1) is 9.24 Å². The van der Waals surface area contributed by atoms with Crippen molar-refractivity contribution < 1.29 is 0 Å². The van der Waals surface area contributed by atoms with E-state index in [-0.39, 0.29) is 0 Å². The van der Waals surface area contributed by atoms with E-state index in [1.54, 1.807) is 0 Å². The molecule has 0 aliphatic rings. The van der Waals surface area contributed by atoms with E-state index in [9.17, 15) is 0 Å². The summed E-state index contributed by atoms with van der Waals surface area (Å²) in [5.41, 5.74) is 0.704. The van der Waals surface area contributed by atoms with Crippen LogP contribution >= 0.6 is 9.24 Å². The molecule has 0 saturated carbocycles. The van der Waals surface area contributed by atoms with Crippen molar-refractivity contribution in [2.75, 3.05) is 13.6 Å². The maximum atomic E-state index is 3.05. The minimum Gasteiger partial charge on any atom is -0.319 e. The van der Waals surface area contributed by atoms with Crippen LogP contribution < -0.4 is 5.32 Å². The molecule has 0 spiro atoms. The molecule has 38 valence electrons. The highest BCUT2D eigenvalue weighted by atomic mass is 31.0. The van der Waals surface area contributed by atoms with Gasteiger partial charge in [0.1, 0.15) is 0 Å². The van der Waals surface area contributed by atoms with Crippen LogP contribution in [0.25, 0.3) is 0 Å². The van der Waals surface area contributed by atoms with Crippen molar-refractivity contribution in [3.05, 3.63) is 0 Å². The standard InChI is InChI=1S/C4H12NP/c1-4(6)3-5-2/h4-5H,3,6H2,1-2H3/t4-/m1/s1. The molecule has 1 N–H and O–H groups in total. The molecule has 0 fully saturated rings. The molecule has 0 radical (unpaired) electrons. The van der Waals surface area contributed by atoms with Crippen molar-refractivity contribution in [3.63, 3.8) is 0 Å². The van der Waals surface area contributed by atoms with Gasteiger partial charge in [-0.2, -0.15) is 0 Å². The fourth-order valence-electron chi connectivity index (χ4n) is 0.322. The average molecular weight is 105 g/mol. The van der Waals surface area contributed by atoms with Gasteiger partial charge in [0.2, 0.25) is 0 Å². The monoisotopic (exact) mass is 105 g/mol. The van der Waals surface area contributed by atoms with Crippen LogP contribution in [0.15, 0.2) is 0 Å². The van der Waals surface area contributed by atoms with Gasteiger partial charge in [-0.05, 0) is 12.7 Å². The van der Waals surface area contributed by atoms with Crippen molar-refractivity contribution in [1.82, 2.24) is 5.32 Å². The Labute approximate surface area is 41.7 Å². The summed E-state index contributed by atoms with van der Waals surface area (Å²) in [4.78, 5) is 0. The lowest BCUT2D eigenvalue weighted by atomic mass is 10.5. The third-order valence-electron chi connectivity index (χ3n) is 0.526. The predicted molar refractivity (Wildman–Crippen MR) is 33.1 cm³/mol. The summed E-state index contributed by atoms with van der Waals surface area (Å²) in [7, 11) is 4.67. The SMILES string of the molecule is CNC[C@@H](C)P. The summed E-state index contributed by atoms with van der Waals surface area (Å²) >= 11 is 0. The van der Waals surface area contributed by atoms with Crippen LogP contribution in [0.2, 0.25) is 0 Å². The molecule has 6 heavy (non-hydrogen) atoms. The molecule has 2 heteroatoms. The fourth-order valence-corrected chi connectivity index (χ4v) is 0.558. The average Bonchev–Trinajstić information content (AvgIpc) is 1.35. The van der Waals surface area contributed by atoms with E-state index in [0.717, 1.165) is 6.54 Å². The van der Waals surface area contributed by atoms with Crippen molar-refractivity contribution in [3.8, 4) is 0 Å². The van der Waals surface area contributed by atoms with E-state index in [2.05, 4.69) is 21.5 Å². The normalized spacial score (nSPS) is 14.5. The van der Waals surface area contributed by atoms with E-state index >= 15 is 0 Å². The Bertz CT molecular complexity index is 28.7. The van der Waals surface area contributed by atoms with E-state index in [0.29, 0.717) is 5.66 Å². The Kier molecular flexibility index (Phi) is 3.81. The summed E-state index contributed by atoms with van der Waals surface area (Å²) < 4.78 is 0. The van der Waals surface area contributed by atoms with E-state index in [1.165, 1.54) is 0 Å². The third kappa shape index (κ3) is 4.39. The Morgan fingerprint density at radius 3 is 2.33 bits per heavy atom. The molecule has 0 saturated heterocycles. The maximum Gasteiger partial charge on any atom is 0.000850 e. The van der Waals surface area contributed by atoms with Gasteiger partial charge in [-0.1, -0.05) is 6.92 Å². The zero-order valence-electron chi connectivity index (χ0n) is 4.36. The second kappa shape index (κ2) is 3.58. The van der Waals surface area contributed by atoms with Gasteiger partial charge in [0.05, 0.1) is 0 Å². The summed E-state index contributed by atoms with van der Waals surface area (Å²) in [6, 6.07) is 0. The number of hydrogen-bond donors (Lipinski definition) is 1. The molecule has 0 aromatic heterocycles. The molecule has 0 aromatic carbocycles. The second-order valence-corrected chi connectivity index (χ2v) is 2.67. The van der Waals surface area contributed by atoms with E-state index in [1.807, 2.05) is 7.05 Å². The van der Waals surface area contributed by atoms with Gasteiger partial charge in [-0.3, -0.25) is 0 Å². The van der Waals surface area contributed by atoms with Gasteiger partial charge in [0.25, 0.3) is 0 Å². The van der Waals surface area contributed by atoms with E-state index in [4.69, 9.17) is 0 Å². The number of nitrogens with one attached hydrogen (secondary N) is 1. The second-order valence-electron chi connectivity index (χ2n) is 1.53. The van der Waals surface area contributed by atoms with Gasteiger partial charge in [0.15, 0.2) is 0 Å². The topological polar surface area (TPSA) is 12.0 Å². The molecule has 0 aliphatic carbocycles. The summed E-state index contributed by atoms with van der Waals surface area (Å²) in [6.07, 6.45) is 0. The summed E-state index contributed by atoms with van der Waals surface area (Å²) in [5.74, 6) is 0. The summed E-state index contributed by atoms with van der Waals surface area (Å²) in [6.45, 7) is 3.24. The minimum atomic E-state index is 0.704. The minimum absolute atomic E-state index is 0.704. The Morgan fingerprint density at radius 2 is 2.33 bits per heavy atom. The largest absolute Gasteiger partial charge is 0.319 e. The van der Waals surface area contributed by atoms with Crippen LogP contribution in [0.4, 0.5) is 0 Å². The van der Waals surface area contributed by atoms with Gasteiger partial charge in [-0.25, -0.2) is 0 Å². The lowest BCUT2D eigenvalue weighted by Crippen LogP contribution is -2.14. The highest BCUT2D eigenvalue weighted by molar-refractivity contribution is 7.17. The molecule has 0 aromatic rings. The van der Waals surface area contributed by atoms with Gasteiger partial charge < -0.3 is 5.32 Å². The zero-order chi connectivity index (χ0) is 4.99. The first-order valence-corrected chi connectivity index (χ1v) is 2.84. The van der Waals surface area contributed by atoms with Crippen molar-refractivity contribution in [1.29, 1.82) is 0 Å². The molecular formula is C4H12NP. The Morgan fingerprint density at radius 1 is 1.83 bits per heavy atom. The Balaban J connectivity index is 2.63. The lowest BCUT2D eigenvalue weighted by Gasteiger charge is -1.98. The summed E-state index contributed by atoms with van der Waals surface area (Å²) in [5, 5.41) is 3.05. The van der Waals surface area contributed by atoms with Crippen LogP contribution in [-0.4, -0.2) is 19.3 Å². The van der Waals surface area contributed by atoms with Crippen LogP contribution in [-0.2, 0) is 0 Å². The molecule has 1 nitrogen and oxygen atoms in total. The van der Waals surface area contributed by atoms with Gasteiger partial charge in [0, 0.05) is 6.54 Å². The lowest BCUT2D eigenvalue weighted by molar-refractivity contribution is 0.785. The van der Waals surface area contributed by atoms with Crippen LogP contribution in [0, 0.1) is 0 Å². The van der Waals surface area contributed by atoms with Crippen molar-refractivity contribution in [2.24, 2.45) is 0 Å². The fraction of sp³-hybridized carbons (Fsp3) is 1.00. The van der Waals surface area contributed by atoms with E-state index < -0.39 is 0 Å². The molecule has 0 heterocycles. The number of hydrogen-bond acceptors (Lipinski definition) is 1. The maximum absolute atomic E-state index is 3.05. The van der Waals surface area contributed by atoms with Gasteiger partial charge >= 0.3 is 0 Å². The van der Waals surface area contributed by atoms with Crippen LogP contribution in [0.1, 0.15) is 6.92 Å². The quantitative estimate of drug-likeness (QED) is 0.503. The molecule has 1 unspecified atom stereocenters. The third-order valence-corrected chi connectivity index (χ3v) is 0.762.